The molecule has 0 bridgehead atoms. The average Bonchev–Trinajstić information content (AvgIpc) is 1.59. The first-order valence-corrected chi connectivity index (χ1v) is 6.60. The molecule has 0 aromatic rings. The Morgan fingerprint density at radius 1 is 1.33 bits per heavy atom. The molecule has 0 aliphatic rings. The molecule has 0 rings (SSSR count). The van der Waals surface area contributed by atoms with Crippen LogP contribution in [0.25, 0.3) is 0 Å². The first kappa shape index (κ1) is 9.16. The molecule has 0 saturated carbocycles. The molecule has 0 fully saturated rings. The van der Waals surface area contributed by atoms with Crippen molar-refractivity contribution in [1.82, 2.24) is 0 Å². The second-order valence-corrected chi connectivity index (χ2v) is 8.61. The van der Waals surface area contributed by atoms with Gasteiger partial charge >= 0.3 is 7.32 Å². The summed E-state index contributed by atoms with van der Waals surface area (Å²) in [4.78, 5) is 0. The maximum absolute atomic E-state index is 8.27. The molecule has 0 aromatic carbocycles. The van der Waals surface area contributed by atoms with Crippen molar-refractivity contribution in [2.75, 3.05) is 6.23 Å². The quantitative estimate of drug-likeness (QED) is 0.547. The first-order chi connectivity index (χ1) is 3.92. The molecule has 0 radical (unpaired) electrons. The van der Waals surface area contributed by atoms with Gasteiger partial charge in [-0.1, -0.05) is 19.6 Å². The minimum Gasteiger partial charge on any atom is -0.402 e. The van der Waals surface area contributed by atoms with Gasteiger partial charge in [0.2, 0.25) is 0 Å². The highest BCUT2D eigenvalue weighted by molar-refractivity contribution is 6.76. The van der Waals surface area contributed by atoms with E-state index in [9.17, 15) is 0 Å². The molecule has 0 unspecified atom stereocenters. The Balaban J connectivity index is 3.28. The Hall–Kier alpha value is 0.162. The SMILES string of the molecule is C[Si](C)(C)COB(O)O. The highest BCUT2D eigenvalue weighted by Crippen LogP contribution is 1.99. The lowest BCUT2D eigenvalue weighted by molar-refractivity contribution is 0.213. The van der Waals surface area contributed by atoms with E-state index in [1.807, 2.05) is 0 Å². The number of hydrogen-bond acceptors (Lipinski definition) is 3. The Morgan fingerprint density at radius 2 is 1.78 bits per heavy atom. The standard InChI is InChI=1S/C4H13BO3Si/c1-9(2,3)4-8-5(6)7/h6-7H,4H2,1-3H3. The smallest absolute Gasteiger partial charge is 0.402 e. The van der Waals surface area contributed by atoms with Gasteiger partial charge < -0.3 is 14.7 Å². The maximum Gasteiger partial charge on any atom is 0.633 e. The molecular formula is C4H13BO3Si. The zero-order valence-electron chi connectivity index (χ0n) is 6.09. The van der Waals surface area contributed by atoms with Crippen molar-refractivity contribution in [1.29, 1.82) is 0 Å². The van der Waals surface area contributed by atoms with E-state index in [1.165, 1.54) is 0 Å². The summed E-state index contributed by atoms with van der Waals surface area (Å²) in [6.45, 7) is 6.28. The lowest BCUT2D eigenvalue weighted by Gasteiger charge is -2.14. The lowest BCUT2D eigenvalue weighted by atomic mass is 10.3. The van der Waals surface area contributed by atoms with Gasteiger partial charge in [-0.25, -0.2) is 0 Å². The van der Waals surface area contributed by atoms with Crippen molar-refractivity contribution in [3.8, 4) is 0 Å². The molecule has 3 nitrogen and oxygen atoms in total. The van der Waals surface area contributed by atoms with Crippen LogP contribution in [0.15, 0.2) is 0 Å². The predicted molar refractivity (Wildman–Crippen MR) is 39.5 cm³/mol. The summed E-state index contributed by atoms with van der Waals surface area (Å²) in [5, 5.41) is 16.5. The van der Waals surface area contributed by atoms with Gasteiger partial charge in [-0.3, -0.25) is 0 Å². The van der Waals surface area contributed by atoms with E-state index in [-0.39, 0.29) is 0 Å². The Bertz CT molecular complexity index is 80.4. The molecule has 0 aromatic heterocycles. The van der Waals surface area contributed by atoms with Gasteiger partial charge in [0.15, 0.2) is 0 Å². The minimum atomic E-state index is -1.60. The third kappa shape index (κ3) is 8.16. The summed E-state index contributed by atoms with van der Waals surface area (Å²) in [6.07, 6.45) is 0.491. The fourth-order valence-corrected chi connectivity index (χ4v) is 0.974. The number of hydrogen-bond donors (Lipinski definition) is 2. The summed E-state index contributed by atoms with van der Waals surface area (Å²) in [5.74, 6) is 0. The molecular weight excluding hydrogens is 135 g/mol. The normalized spacial score (nSPS) is 11.7. The first-order valence-electron chi connectivity index (χ1n) is 2.89. The van der Waals surface area contributed by atoms with Gasteiger partial charge in [-0.15, -0.1) is 0 Å². The van der Waals surface area contributed by atoms with Crippen LogP contribution in [0.4, 0.5) is 0 Å². The van der Waals surface area contributed by atoms with Crippen molar-refractivity contribution in [3.05, 3.63) is 0 Å². The van der Waals surface area contributed by atoms with Crippen molar-refractivity contribution < 1.29 is 14.7 Å². The van der Waals surface area contributed by atoms with Gasteiger partial charge in [0.1, 0.15) is 0 Å². The Labute approximate surface area is 56.8 Å². The van der Waals surface area contributed by atoms with E-state index >= 15 is 0 Å². The van der Waals surface area contributed by atoms with E-state index in [0.717, 1.165) is 0 Å². The van der Waals surface area contributed by atoms with Gasteiger partial charge in [-0.05, 0) is 0 Å². The van der Waals surface area contributed by atoms with E-state index in [4.69, 9.17) is 10.0 Å². The minimum absolute atomic E-state index is 0.491. The monoisotopic (exact) mass is 148 g/mol. The van der Waals surface area contributed by atoms with Crippen LogP contribution in [0.1, 0.15) is 0 Å². The molecule has 0 heterocycles. The summed E-state index contributed by atoms with van der Waals surface area (Å²) >= 11 is 0. The van der Waals surface area contributed by atoms with Crippen molar-refractivity contribution in [3.63, 3.8) is 0 Å². The number of rotatable bonds is 3. The molecule has 0 aliphatic heterocycles. The van der Waals surface area contributed by atoms with Crippen molar-refractivity contribution in [2.45, 2.75) is 19.6 Å². The highest BCUT2D eigenvalue weighted by atomic mass is 28.3. The van der Waals surface area contributed by atoms with Gasteiger partial charge in [0, 0.05) is 6.23 Å². The van der Waals surface area contributed by atoms with Crippen LogP contribution in [0, 0.1) is 0 Å². The zero-order chi connectivity index (χ0) is 7.49. The molecule has 0 atom stereocenters. The molecule has 9 heavy (non-hydrogen) atoms. The van der Waals surface area contributed by atoms with Gasteiger partial charge in [0.25, 0.3) is 0 Å². The van der Waals surface area contributed by atoms with Gasteiger partial charge in [0.05, 0.1) is 8.07 Å². The van der Waals surface area contributed by atoms with E-state index in [0.29, 0.717) is 6.23 Å². The second-order valence-electron chi connectivity index (χ2n) is 3.20. The van der Waals surface area contributed by atoms with Crippen LogP contribution in [-0.4, -0.2) is 31.7 Å². The Kier molecular flexibility index (Phi) is 3.42. The largest absolute Gasteiger partial charge is 0.633 e. The molecule has 0 aliphatic carbocycles. The van der Waals surface area contributed by atoms with Crippen LogP contribution in [-0.2, 0) is 4.65 Å². The van der Waals surface area contributed by atoms with Crippen LogP contribution in [0.3, 0.4) is 0 Å². The third-order valence-electron chi connectivity index (χ3n) is 0.665. The molecule has 0 amide bonds. The fraction of sp³-hybridized carbons (Fsp3) is 1.00. The molecule has 54 valence electrons. The van der Waals surface area contributed by atoms with Crippen LogP contribution in [0.2, 0.25) is 19.6 Å². The van der Waals surface area contributed by atoms with E-state index < -0.39 is 15.4 Å². The van der Waals surface area contributed by atoms with E-state index in [1.54, 1.807) is 0 Å². The zero-order valence-corrected chi connectivity index (χ0v) is 7.09. The van der Waals surface area contributed by atoms with Crippen LogP contribution in [0.5, 0.6) is 0 Å². The van der Waals surface area contributed by atoms with E-state index in [2.05, 4.69) is 24.3 Å². The molecule has 5 heteroatoms. The van der Waals surface area contributed by atoms with Gasteiger partial charge in [-0.2, -0.15) is 0 Å². The van der Waals surface area contributed by atoms with Crippen LogP contribution < -0.4 is 0 Å². The predicted octanol–water partition coefficient (Wildman–Crippen LogP) is -0.150. The summed E-state index contributed by atoms with van der Waals surface area (Å²) in [6, 6.07) is 0. The molecule has 2 N–H and O–H groups in total. The topological polar surface area (TPSA) is 49.7 Å². The second kappa shape index (κ2) is 3.36. The van der Waals surface area contributed by atoms with Crippen molar-refractivity contribution >= 4 is 15.4 Å². The average molecular weight is 148 g/mol. The molecule has 0 saturated heterocycles. The molecule has 0 spiro atoms. The summed E-state index contributed by atoms with van der Waals surface area (Å²) < 4.78 is 4.58. The third-order valence-corrected chi connectivity index (χ3v) is 1.70. The summed E-state index contributed by atoms with van der Waals surface area (Å²) in [7, 11) is -2.86. The van der Waals surface area contributed by atoms with Crippen molar-refractivity contribution in [2.24, 2.45) is 0 Å². The Morgan fingerprint density at radius 3 is 1.89 bits per heavy atom. The fourth-order valence-electron chi connectivity index (χ4n) is 0.325. The highest BCUT2D eigenvalue weighted by Gasteiger charge is 2.17. The summed E-state index contributed by atoms with van der Waals surface area (Å²) in [5.41, 5.74) is 0. The lowest BCUT2D eigenvalue weighted by Crippen LogP contribution is -2.33. The van der Waals surface area contributed by atoms with Crippen LogP contribution >= 0.6 is 0 Å². The maximum atomic E-state index is 8.27.